The first-order chi connectivity index (χ1) is 16.1. The average molecular weight is 443 g/mol. The monoisotopic (exact) mass is 442 g/mol. The number of phenolic OH excluding ortho intramolecular Hbond substituents is 1. The first-order valence-electron chi connectivity index (χ1n) is 11.9. The van der Waals surface area contributed by atoms with Crippen LogP contribution in [0, 0.1) is 0 Å². The Balaban J connectivity index is 1.25. The third kappa shape index (κ3) is 3.61. The number of piperazine rings is 1. The van der Waals surface area contributed by atoms with Gasteiger partial charge in [0, 0.05) is 42.8 Å². The van der Waals surface area contributed by atoms with Crippen molar-refractivity contribution in [3.63, 3.8) is 0 Å². The van der Waals surface area contributed by atoms with Crippen molar-refractivity contribution in [1.29, 1.82) is 0 Å². The van der Waals surface area contributed by atoms with Crippen LogP contribution in [-0.2, 0) is 13.0 Å². The average Bonchev–Trinajstić information content (AvgIpc) is 3.49. The van der Waals surface area contributed by atoms with Gasteiger partial charge in [0.15, 0.2) is 5.82 Å². The smallest absolute Gasteiger partial charge is 0.158 e. The third-order valence-corrected chi connectivity index (χ3v) is 7.51. The van der Waals surface area contributed by atoms with E-state index in [2.05, 4.69) is 62.1 Å². The summed E-state index contributed by atoms with van der Waals surface area (Å²) in [6.45, 7) is 5.27. The van der Waals surface area contributed by atoms with Crippen LogP contribution in [-0.4, -0.2) is 67.3 Å². The van der Waals surface area contributed by atoms with Crippen LogP contribution in [0.2, 0.25) is 0 Å². The van der Waals surface area contributed by atoms with Gasteiger partial charge < -0.3 is 10.1 Å². The lowest BCUT2D eigenvalue weighted by Gasteiger charge is -2.38. The number of hydrogen-bond acceptors (Lipinski definition) is 5. The van der Waals surface area contributed by atoms with Gasteiger partial charge in [-0.15, -0.1) is 0 Å². The minimum absolute atomic E-state index is 0.304. The molecule has 4 heterocycles. The van der Waals surface area contributed by atoms with Crippen molar-refractivity contribution >= 4 is 10.9 Å². The van der Waals surface area contributed by atoms with Crippen LogP contribution < -0.4 is 0 Å². The summed E-state index contributed by atoms with van der Waals surface area (Å²) in [4.78, 5) is 13.3. The summed E-state index contributed by atoms with van der Waals surface area (Å²) in [5.74, 6) is 1.11. The van der Waals surface area contributed by atoms with Crippen LogP contribution in [0.4, 0.5) is 0 Å². The Morgan fingerprint density at radius 3 is 2.70 bits per heavy atom. The number of aromatic nitrogens is 4. The molecule has 0 amide bonds. The zero-order valence-corrected chi connectivity index (χ0v) is 19.2. The number of rotatable bonds is 5. The molecule has 2 bridgehead atoms. The number of H-pyrrole nitrogens is 2. The lowest BCUT2D eigenvalue weighted by atomic mass is 9.97. The number of hydrogen-bond donors (Lipinski definition) is 3. The minimum Gasteiger partial charge on any atom is -0.508 e. The fourth-order valence-electron chi connectivity index (χ4n) is 5.65. The van der Waals surface area contributed by atoms with Crippen LogP contribution >= 0.6 is 0 Å². The lowest BCUT2D eigenvalue weighted by Crippen LogP contribution is -2.51. The van der Waals surface area contributed by atoms with E-state index in [1.165, 1.54) is 12.8 Å². The van der Waals surface area contributed by atoms with Gasteiger partial charge in [0.05, 0.1) is 11.7 Å². The maximum atomic E-state index is 9.83. The first kappa shape index (κ1) is 20.4. The Bertz CT molecular complexity index is 1290. The molecule has 4 aromatic rings. The lowest BCUT2D eigenvalue weighted by molar-refractivity contribution is 0.0830. The number of fused-ring (bicyclic) bond motifs is 3. The molecule has 6 rings (SSSR count). The van der Waals surface area contributed by atoms with Crippen LogP contribution in [0.25, 0.3) is 33.5 Å². The van der Waals surface area contributed by atoms with E-state index in [-0.39, 0.29) is 0 Å². The molecule has 170 valence electrons. The SMILES string of the molecule is CCc1cc(O)ccc1-c1ccc2c(-c3ncc(CN4CC5CCC(C4)N5C)[nH]3)n[nH]c2c1. The molecule has 7 nitrogen and oxygen atoms in total. The zero-order chi connectivity index (χ0) is 22.5. The van der Waals surface area contributed by atoms with Gasteiger partial charge in [0.1, 0.15) is 11.4 Å². The van der Waals surface area contributed by atoms with E-state index in [0.29, 0.717) is 17.8 Å². The molecule has 3 N–H and O–H groups in total. The minimum atomic E-state index is 0.304. The van der Waals surface area contributed by atoms with Gasteiger partial charge in [0.2, 0.25) is 0 Å². The van der Waals surface area contributed by atoms with Gasteiger partial charge in [-0.25, -0.2) is 4.98 Å². The fourth-order valence-corrected chi connectivity index (χ4v) is 5.65. The molecule has 0 radical (unpaired) electrons. The van der Waals surface area contributed by atoms with E-state index in [1.54, 1.807) is 6.07 Å². The Morgan fingerprint density at radius 1 is 1.09 bits per heavy atom. The largest absolute Gasteiger partial charge is 0.508 e. The summed E-state index contributed by atoms with van der Waals surface area (Å²) in [7, 11) is 2.27. The van der Waals surface area contributed by atoms with Crippen molar-refractivity contribution in [2.45, 2.75) is 44.8 Å². The van der Waals surface area contributed by atoms with E-state index < -0.39 is 0 Å². The van der Waals surface area contributed by atoms with E-state index in [9.17, 15) is 5.11 Å². The molecule has 2 unspecified atom stereocenters. The summed E-state index contributed by atoms with van der Waals surface area (Å²) in [6.07, 6.45) is 5.45. The van der Waals surface area contributed by atoms with Crippen molar-refractivity contribution in [3.05, 3.63) is 53.9 Å². The van der Waals surface area contributed by atoms with E-state index in [1.807, 2.05) is 18.3 Å². The van der Waals surface area contributed by atoms with Crippen LogP contribution in [0.1, 0.15) is 31.0 Å². The van der Waals surface area contributed by atoms with Crippen LogP contribution in [0.3, 0.4) is 0 Å². The molecular weight excluding hydrogens is 412 g/mol. The first-order valence-corrected chi connectivity index (χ1v) is 11.9. The number of likely N-dealkylation sites (tertiary alicyclic amines) is 1. The van der Waals surface area contributed by atoms with Crippen molar-refractivity contribution in [2.24, 2.45) is 0 Å². The van der Waals surface area contributed by atoms with Crippen molar-refractivity contribution in [3.8, 4) is 28.4 Å². The molecule has 2 aromatic carbocycles. The molecular formula is C26H30N6O. The Labute approximate surface area is 193 Å². The van der Waals surface area contributed by atoms with Gasteiger partial charge in [-0.1, -0.05) is 19.1 Å². The number of likely N-dealkylation sites (N-methyl/N-ethyl adjacent to an activating group) is 1. The summed E-state index contributed by atoms with van der Waals surface area (Å²) >= 11 is 0. The molecule has 2 fully saturated rings. The number of benzene rings is 2. The fraction of sp³-hybridized carbons (Fsp3) is 0.385. The second-order valence-electron chi connectivity index (χ2n) is 9.53. The Hall–Kier alpha value is -3.16. The molecule has 7 heteroatoms. The summed E-state index contributed by atoms with van der Waals surface area (Å²) in [5.41, 5.74) is 6.34. The second kappa shape index (κ2) is 8.01. The van der Waals surface area contributed by atoms with Crippen molar-refractivity contribution < 1.29 is 5.11 Å². The molecule has 2 atom stereocenters. The highest BCUT2D eigenvalue weighted by atomic mass is 16.3. The number of aromatic hydroxyl groups is 1. The normalized spacial score (nSPS) is 21.3. The second-order valence-corrected chi connectivity index (χ2v) is 9.53. The van der Waals surface area contributed by atoms with Gasteiger partial charge in [-0.05, 0) is 67.3 Å². The molecule has 0 aliphatic carbocycles. The number of nitrogens with zero attached hydrogens (tertiary/aromatic N) is 4. The van der Waals surface area contributed by atoms with Crippen LogP contribution in [0.15, 0.2) is 42.6 Å². The van der Waals surface area contributed by atoms with Crippen molar-refractivity contribution in [1.82, 2.24) is 30.0 Å². The molecule has 2 aliphatic heterocycles. The number of aryl methyl sites for hydroxylation is 1. The number of aromatic amines is 2. The van der Waals surface area contributed by atoms with E-state index in [4.69, 9.17) is 0 Å². The van der Waals surface area contributed by atoms with Crippen molar-refractivity contribution in [2.75, 3.05) is 20.1 Å². The molecule has 0 spiro atoms. The Kier molecular flexibility index (Phi) is 4.96. The van der Waals surface area contributed by atoms with Gasteiger partial charge in [-0.3, -0.25) is 14.9 Å². The topological polar surface area (TPSA) is 84.1 Å². The standard InChI is InChI=1S/C26H30N6O/c1-3-16-10-21(33)7-9-22(16)17-4-8-23-24(11-17)29-30-25(23)26-27-12-18(28-26)13-32-14-19-5-6-20(15-32)31(19)2/h4,7-12,19-20,33H,3,5-6,13-15H2,1-2H3,(H,27,28)(H,29,30). The highest BCUT2D eigenvalue weighted by Crippen LogP contribution is 2.33. The predicted molar refractivity (Wildman–Crippen MR) is 130 cm³/mol. The molecule has 2 aromatic heterocycles. The van der Waals surface area contributed by atoms with E-state index >= 15 is 0 Å². The number of nitrogens with one attached hydrogen (secondary N) is 2. The van der Waals surface area contributed by atoms with E-state index in [0.717, 1.165) is 70.9 Å². The summed E-state index contributed by atoms with van der Waals surface area (Å²) in [6, 6.07) is 13.3. The predicted octanol–water partition coefficient (Wildman–Crippen LogP) is 4.17. The maximum absolute atomic E-state index is 9.83. The summed E-state index contributed by atoms with van der Waals surface area (Å²) in [5, 5.41) is 18.6. The van der Waals surface area contributed by atoms with Gasteiger partial charge >= 0.3 is 0 Å². The summed E-state index contributed by atoms with van der Waals surface area (Å²) < 4.78 is 0. The molecule has 0 saturated carbocycles. The van der Waals surface area contributed by atoms with Gasteiger partial charge in [-0.2, -0.15) is 5.10 Å². The van der Waals surface area contributed by atoms with Gasteiger partial charge in [0.25, 0.3) is 0 Å². The number of imidazole rings is 1. The number of phenols is 1. The zero-order valence-electron chi connectivity index (χ0n) is 19.2. The molecule has 33 heavy (non-hydrogen) atoms. The highest BCUT2D eigenvalue weighted by molar-refractivity contribution is 5.94. The molecule has 2 saturated heterocycles. The maximum Gasteiger partial charge on any atom is 0.158 e. The molecule has 2 aliphatic rings. The van der Waals surface area contributed by atoms with Crippen LogP contribution in [0.5, 0.6) is 5.75 Å². The quantitative estimate of drug-likeness (QED) is 0.432. The highest BCUT2D eigenvalue weighted by Gasteiger charge is 2.37. The Morgan fingerprint density at radius 2 is 1.91 bits per heavy atom. The third-order valence-electron chi connectivity index (χ3n) is 7.51.